The first-order chi connectivity index (χ1) is 11.2. The quantitative estimate of drug-likeness (QED) is 0.901. The molecule has 1 aromatic heterocycles. The van der Waals surface area contributed by atoms with Crippen molar-refractivity contribution in [2.24, 2.45) is 5.92 Å². The number of rotatable bonds is 5. The van der Waals surface area contributed by atoms with Gasteiger partial charge in [0, 0.05) is 17.0 Å². The average molecular weight is 328 g/mol. The van der Waals surface area contributed by atoms with E-state index in [-0.39, 0.29) is 11.9 Å². The molecule has 4 heteroatoms. The smallest absolute Gasteiger partial charge is 0.251 e. The van der Waals surface area contributed by atoms with Crippen molar-refractivity contribution in [3.63, 3.8) is 0 Å². The fourth-order valence-electron chi connectivity index (χ4n) is 3.11. The molecule has 0 bridgehead atoms. The molecule has 3 rings (SSSR count). The average Bonchev–Trinajstić information content (AvgIpc) is 3.11. The van der Waals surface area contributed by atoms with Gasteiger partial charge in [0.2, 0.25) is 0 Å². The molecule has 1 aliphatic heterocycles. The molecule has 1 N–H and O–H groups in total. The zero-order valence-electron chi connectivity index (χ0n) is 13.6. The molecule has 0 spiro atoms. The van der Waals surface area contributed by atoms with Crippen molar-refractivity contribution in [3.8, 4) is 0 Å². The van der Waals surface area contributed by atoms with Crippen LogP contribution < -0.4 is 5.32 Å². The zero-order chi connectivity index (χ0) is 16.1. The molecule has 0 unspecified atom stereocenters. The van der Waals surface area contributed by atoms with E-state index in [9.17, 15) is 4.79 Å². The molecule has 2 aromatic rings. The fraction of sp³-hybridized carbons (Fsp3) is 0.421. The van der Waals surface area contributed by atoms with Crippen LogP contribution in [-0.2, 0) is 0 Å². The fourth-order valence-corrected chi connectivity index (χ4v) is 3.97. The molecule has 0 aliphatic carbocycles. The molecular weight excluding hydrogens is 304 g/mol. The van der Waals surface area contributed by atoms with E-state index in [1.54, 1.807) is 11.3 Å². The van der Waals surface area contributed by atoms with Gasteiger partial charge in [0.1, 0.15) is 0 Å². The van der Waals surface area contributed by atoms with E-state index < -0.39 is 0 Å². The molecule has 122 valence electrons. The van der Waals surface area contributed by atoms with Crippen LogP contribution in [0.15, 0.2) is 47.8 Å². The minimum Gasteiger partial charge on any atom is -0.350 e. The van der Waals surface area contributed by atoms with E-state index in [0.29, 0.717) is 6.54 Å². The van der Waals surface area contributed by atoms with Crippen LogP contribution in [0.1, 0.15) is 41.0 Å². The first kappa shape index (κ1) is 16.2. The summed E-state index contributed by atoms with van der Waals surface area (Å²) in [4.78, 5) is 16.2. The van der Waals surface area contributed by atoms with Crippen LogP contribution >= 0.6 is 11.3 Å². The summed E-state index contributed by atoms with van der Waals surface area (Å²) in [7, 11) is 0. The highest BCUT2D eigenvalue weighted by molar-refractivity contribution is 7.10. The molecular formula is C19H24N2OS. The normalized spacial score (nSPS) is 17.8. The summed E-state index contributed by atoms with van der Waals surface area (Å²) in [5, 5.41) is 5.24. The van der Waals surface area contributed by atoms with E-state index >= 15 is 0 Å². The Hall–Kier alpha value is -1.65. The largest absolute Gasteiger partial charge is 0.350 e. The molecule has 1 fully saturated rings. The second-order valence-corrected chi connectivity index (χ2v) is 7.31. The Morgan fingerprint density at radius 2 is 1.96 bits per heavy atom. The summed E-state index contributed by atoms with van der Waals surface area (Å²) in [6, 6.07) is 14.0. The summed E-state index contributed by atoms with van der Waals surface area (Å²) in [6.07, 6.45) is 2.49. The highest BCUT2D eigenvalue weighted by atomic mass is 32.1. The van der Waals surface area contributed by atoms with Gasteiger partial charge in [-0.05, 0) is 55.4 Å². The maximum atomic E-state index is 12.3. The van der Waals surface area contributed by atoms with Crippen LogP contribution in [0.2, 0.25) is 0 Å². The van der Waals surface area contributed by atoms with Crippen molar-refractivity contribution >= 4 is 17.2 Å². The summed E-state index contributed by atoms with van der Waals surface area (Å²) >= 11 is 1.78. The van der Waals surface area contributed by atoms with Gasteiger partial charge in [0.25, 0.3) is 5.91 Å². The topological polar surface area (TPSA) is 32.3 Å². The van der Waals surface area contributed by atoms with E-state index in [1.165, 1.54) is 17.7 Å². The number of piperidine rings is 1. The minimum absolute atomic E-state index is 0.0116. The van der Waals surface area contributed by atoms with Crippen LogP contribution in [-0.4, -0.2) is 30.4 Å². The van der Waals surface area contributed by atoms with Crippen LogP contribution in [0.3, 0.4) is 0 Å². The third-order valence-corrected chi connectivity index (χ3v) is 5.60. The summed E-state index contributed by atoms with van der Waals surface area (Å²) in [5.74, 6) is 0.826. The molecule has 0 saturated carbocycles. The summed E-state index contributed by atoms with van der Waals surface area (Å²) in [6.45, 7) is 5.23. The number of carbonyl (C=O) groups excluding carboxylic acids is 1. The van der Waals surface area contributed by atoms with E-state index in [0.717, 1.165) is 24.6 Å². The second-order valence-electron chi connectivity index (χ2n) is 6.33. The number of carbonyl (C=O) groups is 1. The third kappa shape index (κ3) is 4.21. The molecule has 1 amide bonds. The number of hydrogen-bond acceptors (Lipinski definition) is 3. The molecule has 1 aliphatic rings. The van der Waals surface area contributed by atoms with Gasteiger partial charge in [-0.2, -0.15) is 0 Å². The monoisotopic (exact) mass is 328 g/mol. The Kier molecular flexibility index (Phi) is 5.47. The summed E-state index contributed by atoms with van der Waals surface area (Å²) < 4.78 is 0. The number of nitrogens with zero attached hydrogens (tertiary/aromatic N) is 1. The van der Waals surface area contributed by atoms with Crippen LogP contribution in [0, 0.1) is 5.92 Å². The maximum absolute atomic E-state index is 12.3. The lowest BCUT2D eigenvalue weighted by atomic mass is 9.97. The molecule has 1 aromatic carbocycles. The van der Waals surface area contributed by atoms with Gasteiger partial charge in [0.15, 0.2) is 0 Å². The second kappa shape index (κ2) is 7.75. The predicted octanol–water partition coefficient (Wildman–Crippen LogP) is 3.95. The highest BCUT2D eigenvalue weighted by Crippen LogP contribution is 2.29. The highest BCUT2D eigenvalue weighted by Gasteiger charge is 2.25. The van der Waals surface area contributed by atoms with E-state index in [4.69, 9.17) is 0 Å². The van der Waals surface area contributed by atoms with Gasteiger partial charge in [0.05, 0.1) is 6.04 Å². The molecule has 1 saturated heterocycles. The summed E-state index contributed by atoms with van der Waals surface area (Å²) in [5.41, 5.74) is 0.727. The number of thiophene rings is 1. The lowest BCUT2D eigenvalue weighted by molar-refractivity contribution is 0.0915. The number of benzene rings is 1. The van der Waals surface area contributed by atoms with Gasteiger partial charge in [-0.3, -0.25) is 9.69 Å². The van der Waals surface area contributed by atoms with Gasteiger partial charge in [-0.15, -0.1) is 11.3 Å². The van der Waals surface area contributed by atoms with Gasteiger partial charge >= 0.3 is 0 Å². The Bertz CT molecular complexity index is 604. The lowest BCUT2D eigenvalue weighted by Crippen LogP contribution is -2.41. The number of nitrogens with one attached hydrogen (secondary N) is 1. The molecule has 2 heterocycles. The Morgan fingerprint density at radius 1 is 1.22 bits per heavy atom. The van der Waals surface area contributed by atoms with E-state index in [2.05, 4.69) is 34.7 Å². The first-order valence-corrected chi connectivity index (χ1v) is 9.22. The number of likely N-dealkylation sites (tertiary alicyclic amines) is 1. The first-order valence-electron chi connectivity index (χ1n) is 8.34. The van der Waals surface area contributed by atoms with Crippen molar-refractivity contribution in [2.75, 3.05) is 19.6 Å². The Balaban J connectivity index is 1.66. The standard InChI is InChI=1S/C19H24N2OS/c1-15-9-11-21(12-10-15)17(18-8-5-13-23-18)14-20-19(22)16-6-3-2-4-7-16/h2-8,13,15,17H,9-12,14H2,1H3,(H,20,22)/t17-/m0/s1. The van der Waals surface area contributed by atoms with Crippen LogP contribution in [0.4, 0.5) is 0 Å². The number of amides is 1. The minimum atomic E-state index is 0.0116. The third-order valence-electron chi connectivity index (χ3n) is 4.62. The lowest BCUT2D eigenvalue weighted by Gasteiger charge is -2.36. The molecule has 3 nitrogen and oxygen atoms in total. The zero-order valence-corrected chi connectivity index (χ0v) is 14.4. The SMILES string of the molecule is CC1CCN([C@@H](CNC(=O)c2ccccc2)c2cccs2)CC1. The Labute approximate surface area is 142 Å². The van der Waals surface area contributed by atoms with E-state index in [1.807, 2.05) is 30.3 Å². The Morgan fingerprint density at radius 3 is 2.61 bits per heavy atom. The van der Waals surface area contributed by atoms with Crippen molar-refractivity contribution in [1.82, 2.24) is 10.2 Å². The van der Waals surface area contributed by atoms with Crippen LogP contribution in [0.25, 0.3) is 0 Å². The van der Waals surface area contributed by atoms with Gasteiger partial charge < -0.3 is 5.32 Å². The van der Waals surface area contributed by atoms with Gasteiger partial charge in [-0.25, -0.2) is 0 Å². The van der Waals surface area contributed by atoms with Gasteiger partial charge in [-0.1, -0.05) is 31.2 Å². The van der Waals surface area contributed by atoms with Crippen molar-refractivity contribution in [3.05, 3.63) is 58.3 Å². The van der Waals surface area contributed by atoms with Crippen molar-refractivity contribution in [1.29, 1.82) is 0 Å². The maximum Gasteiger partial charge on any atom is 0.251 e. The molecule has 23 heavy (non-hydrogen) atoms. The predicted molar refractivity (Wildman–Crippen MR) is 95.8 cm³/mol. The molecule has 1 atom stereocenters. The van der Waals surface area contributed by atoms with Crippen LogP contribution in [0.5, 0.6) is 0 Å². The van der Waals surface area contributed by atoms with Crippen molar-refractivity contribution in [2.45, 2.75) is 25.8 Å². The molecule has 0 radical (unpaired) electrons. The van der Waals surface area contributed by atoms with Crippen molar-refractivity contribution < 1.29 is 4.79 Å². The number of hydrogen-bond donors (Lipinski definition) is 1.